The standard InChI is InChI=1S/C22H31N3O2/c1-4-16(5-2)15-24(6-3)21(26)17-11-12-18-19(14-17)23-20-10-8-7-9-13-25(20)22(18)27/h11-12,14,16H,4-10,13,15H2,1-3H3. The fourth-order valence-electron chi connectivity index (χ4n) is 3.95. The molecule has 0 bridgehead atoms. The van der Waals surface area contributed by atoms with Gasteiger partial charge in [-0.05, 0) is 43.9 Å². The van der Waals surface area contributed by atoms with Gasteiger partial charge in [-0.1, -0.05) is 33.1 Å². The van der Waals surface area contributed by atoms with Crippen LogP contribution in [-0.2, 0) is 13.0 Å². The minimum atomic E-state index is 0.0280. The summed E-state index contributed by atoms with van der Waals surface area (Å²) in [5.41, 5.74) is 1.30. The summed E-state index contributed by atoms with van der Waals surface area (Å²) in [4.78, 5) is 32.5. The van der Waals surface area contributed by atoms with E-state index < -0.39 is 0 Å². The Morgan fingerprint density at radius 2 is 1.96 bits per heavy atom. The van der Waals surface area contributed by atoms with Crippen molar-refractivity contribution in [1.29, 1.82) is 0 Å². The normalized spacial score (nSPS) is 14.2. The van der Waals surface area contributed by atoms with Crippen LogP contribution < -0.4 is 5.56 Å². The van der Waals surface area contributed by atoms with Gasteiger partial charge in [-0.2, -0.15) is 0 Å². The Morgan fingerprint density at radius 1 is 1.19 bits per heavy atom. The van der Waals surface area contributed by atoms with Gasteiger partial charge in [-0.25, -0.2) is 4.98 Å². The number of carbonyl (C=O) groups excluding carboxylic acids is 1. The van der Waals surface area contributed by atoms with Crippen LogP contribution >= 0.6 is 0 Å². The molecule has 2 aromatic rings. The lowest BCUT2D eigenvalue weighted by Crippen LogP contribution is -2.35. The maximum atomic E-state index is 13.0. The van der Waals surface area contributed by atoms with Crippen LogP contribution in [0.5, 0.6) is 0 Å². The minimum Gasteiger partial charge on any atom is -0.339 e. The zero-order valence-electron chi connectivity index (χ0n) is 16.8. The number of aromatic nitrogens is 2. The first-order valence-corrected chi connectivity index (χ1v) is 10.4. The third kappa shape index (κ3) is 4.07. The number of rotatable bonds is 6. The number of carbonyl (C=O) groups is 1. The number of hydrogen-bond donors (Lipinski definition) is 0. The van der Waals surface area contributed by atoms with E-state index in [9.17, 15) is 9.59 Å². The molecule has 0 unspecified atom stereocenters. The number of fused-ring (bicyclic) bond motifs is 2. The van der Waals surface area contributed by atoms with Crippen molar-refractivity contribution in [3.8, 4) is 0 Å². The topological polar surface area (TPSA) is 55.2 Å². The Labute approximate surface area is 161 Å². The van der Waals surface area contributed by atoms with Gasteiger partial charge < -0.3 is 4.90 Å². The number of hydrogen-bond acceptors (Lipinski definition) is 3. The highest BCUT2D eigenvalue weighted by molar-refractivity contribution is 5.97. The van der Waals surface area contributed by atoms with Gasteiger partial charge in [-0.3, -0.25) is 14.2 Å². The van der Waals surface area contributed by atoms with Gasteiger partial charge in [-0.15, -0.1) is 0 Å². The third-order valence-corrected chi connectivity index (χ3v) is 5.87. The van der Waals surface area contributed by atoms with Crippen LogP contribution in [0.3, 0.4) is 0 Å². The van der Waals surface area contributed by atoms with E-state index in [1.165, 1.54) is 0 Å². The van der Waals surface area contributed by atoms with Crippen LogP contribution in [0, 0.1) is 5.92 Å². The van der Waals surface area contributed by atoms with Crippen molar-refractivity contribution in [2.75, 3.05) is 13.1 Å². The smallest absolute Gasteiger partial charge is 0.261 e. The first-order chi connectivity index (χ1) is 13.1. The van der Waals surface area contributed by atoms with Gasteiger partial charge in [0, 0.05) is 31.6 Å². The maximum Gasteiger partial charge on any atom is 0.261 e. The zero-order valence-corrected chi connectivity index (χ0v) is 16.8. The number of nitrogens with zero attached hydrogens (tertiary/aromatic N) is 3. The molecule has 1 aromatic carbocycles. The number of amides is 1. The largest absolute Gasteiger partial charge is 0.339 e. The van der Waals surface area contributed by atoms with Gasteiger partial charge in [0.15, 0.2) is 0 Å². The summed E-state index contributed by atoms with van der Waals surface area (Å²) in [6.45, 7) is 8.58. The summed E-state index contributed by atoms with van der Waals surface area (Å²) < 4.78 is 1.82. The quantitative estimate of drug-likeness (QED) is 0.773. The Balaban J connectivity index is 1.96. The molecule has 0 saturated heterocycles. The number of benzene rings is 1. The van der Waals surface area contributed by atoms with Crippen molar-refractivity contribution < 1.29 is 4.79 Å². The van der Waals surface area contributed by atoms with Crippen molar-refractivity contribution in [2.45, 2.75) is 65.8 Å². The Bertz CT molecular complexity index is 868. The summed E-state index contributed by atoms with van der Waals surface area (Å²) in [6.07, 6.45) is 6.20. The number of aryl methyl sites for hydroxylation is 1. The van der Waals surface area contributed by atoms with Crippen LogP contribution in [0.1, 0.15) is 69.1 Å². The molecule has 5 nitrogen and oxygen atoms in total. The molecule has 0 radical (unpaired) electrons. The highest BCUT2D eigenvalue weighted by atomic mass is 16.2. The monoisotopic (exact) mass is 369 g/mol. The first kappa shape index (κ1) is 19.6. The molecule has 3 rings (SSSR count). The minimum absolute atomic E-state index is 0.0280. The highest BCUT2D eigenvalue weighted by Crippen LogP contribution is 2.18. The van der Waals surface area contributed by atoms with Gasteiger partial charge >= 0.3 is 0 Å². The van der Waals surface area contributed by atoms with E-state index in [2.05, 4.69) is 13.8 Å². The Kier molecular flexibility index (Phi) is 6.30. The molecule has 2 heterocycles. The fourth-order valence-corrected chi connectivity index (χ4v) is 3.95. The zero-order chi connectivity index (χ0) is 19.4. The summed E-state index contributed by atoms with van der Waals surface area (Å²) in [5, 5.41) is 0.611. The van der Waals surface area contributed by atoms with Crippen LogP contribution in [0.15, 0.2) is 23.0 Å². The lowest BCUT2D eigenvalue weighted by Gasteiger charge is -2.25. The van der Waals surface area contributed by atoms with Gasteiger partial charge in [0.25, 0.3) is 11.5 Å². The molecule has 1 aliphatic rings. The van der Waals surface area contributed by atoms with Crippen molar-refractivity contribution in [2.24, 2.45) is 5.92 Å². The molecule has 27 heavy (non-hydrogen) atoms. The summed E-state index contributed by atoms with van der Waals surface area (Å²) >= 11 is 0. The van der Waals surface area contributed by atoms with E-state index in [-0.39, 0.29) is 11.5 Å². The highest BCUT2D eigenvalue weighted by Gasteiger charge is 2.19. The molecule has 0 aliphatic carbocycles. The third-order valence-electron chi connectivity index (χ3n) is 5.87. The molecule has 1 amide bonds. The second kappa shape index (κ2) is 8.68. The predicted octanol–water partition coefficient (Wildman–Crippen LogP) is 4.02. The molecule has 0 N–H and O–H groups in total. The Hall–Kier alpha value is -2.17. The molecule has 5 heteroatoms. The Morgan fingerprint density at radius 3 is 2.67 bits per heavy atom. The van der Waals surface area contributed by atoms with Crippen molar-refractivity contribution in [3.63, 3.8) is 0 Å². The lowest BCUT2D eigenvalue weighted by atomic mass is 10.0. The summed E-state index contributed by atoms with van der Waals surface area (Å²) in [6, 6.07) is 5.37. The molecule has 0 spiro atoms. The molecule has 0 fully saturated rings. The second-order valence-corrected chi connectivity index (χ2v) is 7.55. The predicted molar refractivity (Wildman–Crippen MR) is 109 cm³/mol. The van der Waals surface area contributed by atoms with Gasteiger partial charge in [0.2, 0.25) is 0 Å². The fraction of sp³-hybridized carbons (Fsp3) is 0.591. The van der Waals surface area contributed by atoms with Crippen LogP contribution in [0.4, 0.5) is 0 Å². The first-order valence-electron chi connectivity index (χ1n) is 10.4. The van der Waals surface area contributed by atoms with Crippen LogP contribution in [-0.4, -0.2) is 33.4 Å². The molecular formula is C22H31N3O2. The maximum absolute atomic E-state index is 13.0. The molecule has 0 atom stereocenters. The van der Waals surface area contributed by atoms with E-state index in [1.54, 1.807) is 18.2 Å². The molecule has 1 aliphatic heterocycles. The van der Waals surface area contributed by atoms with Crippen LogP contribution in [0.2, 0.25) is 0 Å². The van der Waals surface area contributed by atoms with Crippen molar-refractivity contribution >= 4 is 16.8 Å². The second-order valence-electron chi connectivity index (χ2n) is 7.55. The average Bonchev–Trinajstić information content (AvgIpc) is 2.94. The lowest BCUT2D eigenvalue weighted by molar-refractivity contribution is 0.0735. The van der Waals surface area contributed by atoms with Crippen LogP contribution in [0.25, 0.3) is 10.9 Å². The van der Waals surface area contributed by atoms with E-state index in [0.717, 1.165) is 57.4 Å². The van der Waals surface area contributed by atoms with Gasteiger partial charge in [0.05, 0.1) is 10.9 Å². The molecule has 146 valence electrons. The van der Waals surface area contributed by atoms with E-state index in [4.69, 9.17) is 4.98 Å². The summed E-state index contributed by atoms with van der Waals surface area (Å²) in [5.74, 6) is 1.41. The SMILES string of the molecule is CCC(CC)CN(CC)C(=O)c1ccc2c(=O)n3c(nc2c1)CCCCC3. The molecule has 1 aromatic heterocycles. The van der Waals surface area contributed by atoms with E-state index in [0.29, 0.717) is 28.9 Å². The van der Waals surface area contributed by atoms with E-state index in [1.807, 2.05) is 16.4 Å². The average molecular weight is 370 g/mol. The van der Waals surface area contributed by atoms with E-state index >= 15 is 0 Å². The van der Waals surface area contributed by atoms with Crippen molar-refractivity contribution in [3.05, 3.63) is 39.9 Å². The molecule has 0 saturated carbocycles. The summed E-state index contributed by atoms with van der Waals surface area (Å²) in [7, 11) is 0. The van der Waals surface area contributed by atoms with Gasteiger partial charge in [0.1, 0.15) is 5.82 Å². The van der Waals surface area contributed by atoms with Crippen molar-refractivity contribution in [1.82, 2.24) is 14.5 Å². The molecular weight excluding hydrogens is 338 g/mol.